The molecule has 1 fully saturated rings. The van der Waals surface area contributed by atoms with Gasteiger partial charge in [-0.2, -0.15) is 0 Å². The highest BCUT2D eigenvalue weighted by Crippen LogP contribution is 2.33. The predicted molar refractivity (Wildman–Crippen MR) is 111 cm³/mol. The van der Waals surface area contributed by atoms with Gasteiger partial charge in [0.2, 0.25) is 0 Å². The number of rotatable bonds is 3. The molecule has 1 aromatic carbocycles. The second-order valence-electron chi connectivity index (χ2n) is 5.59. The van der Waals surface area contributed by atoms with Crippen LogP contribution in [0.1, 0.15) is 16.1 Å². The summed E-state index contributed by atoms with van der Waals surface area (Å²) < 4.78 is 0.814. The van der Waals surface area contributed by atoms with Crippen LogP contribution in [-0.2, 0) is 0 Å². The smallest absolute Gasteiger partial charge is 0.259 e. The Kier molecular flexibility index (Phi) is 5.19. The molecular formula is C19H14BrN3OS2. The minimum absolute atomic E-state index is 0.0106. The lowest BCUT2D eigenvalue weighted by Gasteiger charge is -2.17. The number of carbonyl (C=O) groups excluding carboxylic acids is 1. The summed E-state index contributed by atoms with van der Waals surface area (Å²) in [7, 11) is 0. The normalized spacial score (nSPS) is 15.6. The van der Waals surface area contributed by atoms with Gasteiger partial charge in [-0.3, -0.25) is 9.78 Å². The first kappa shape index (κ1) is 17.5. The summed E-state index contributed by atoms with van der Waals surface area (Å²) in [5.41, 5.74) is 2.54. The van der Waals surface area contributed by atoms with Gasteiger partial charge in [0.25, 0.3) is 5.91 Å². The number of benzene rings is 1. The second kappa shape index (κ2) is 7.73. The van der Waals surface area contributed by atoms with Gasteiger partial charge in [-0.1, -0.05) is 12.1 Å². The molecule has 4 nitrogen and oxygen atoms in total. The van der Waals surface area contributed by atoms with Gasteiger partial charge in [-0.15, -0.1) is 23.1 Å². The third-order valence-electron chi connectivity index (χ3n) is 3.88. The molecule has 1 aliphatic heterocycles. The lowest BCUT2D eigenvalue weighted by Crippen LogP contribution is -2.27. The largest absolute Gasteiger partial charge is 0.302 e. The monoisotopic (exact) mass is 443 g/mol. The zero-order valence-corrected chi connectivity index (χ0v) is 16.9. The SMILES string of the molecule is O=C(c1ccccc1Br)N1CCS/C1=C/c1csc(-c2cccnc2)n1. The summed E-state index contributed by atoms with van der Waals surface area (Å²) >= 11 is 6.73. The van der Waals surface area contributed by atoms with Gasteiger partial charge >= 0.3 is 0 Å². The predicted octanol–water partition coefficient (Wildman–Crippen LogP) is 5.16. The van der Waals surface area contributed by atoms with Crippen LogP contribution in [0, 0.1) is 0 Å². The van der Waals surface area contributed by atoms with E-state index in [0.717, 1.165) is 31.5 Å². The number of nitrogens with zero attached hydrogens (tertiary/aromatic N) is 3. The molecule has 0 spiro atoms. The fourth-order valence-electron chi connectivity index (χ4n) is 2.63. The van der Waals surface area contributed by atoms with Crippen molar-refractivity contribution in [1.29, 1.82) is 0 Å². The first-order chi connectivity index (χ1) is 12.7. The van der Waals surface area contributed by atoms with Gasteiger partial charge < -0.3 is 4.90 Å². The summed E-state index contributed by atoms with van der Waals surface area (Å²) in [5.74, 6) is 0.901. The number of thiazole rings is 1. The Morgan fingerprint density at radius 2 is 2.12 bits per heavy atom. The van der Waals surface area contributed by atoms with Gasteiger partial charge in [0, 0.05) is 40.1 Å². The number of halogens is 1. The van der Waals surface area contributed by atoms with Crippen LogP contribution in [0.4, 0.5) is 0 Å². The van der Waals surface area contributed by atoms with Crippen molar-refractivity contribution in [2.75, 3.05) is 12.3 Å². The first-order valence-electron chi connectivity index (χ1n) is 7.99. The van der Waals surface area contributed by atoms with Crippen molar-refractivity contribution in [2.45, 2.75) is 0 Å². The summed E-state index contributed by atoms with van der Waals surface area (Å²) in [6, 6.07) is 11.4. The molecule has 3 aromatic rings. The Morgan fingerprint density at radius 3 is 2.92 bits per heavy atom. The maximum atomic E-state index is 12.9. The molecule has 2 aromatic heterocycles. The summed E-state index contributed by atoms with van der Waals surface area (Å²) in [6.07, 6.45) is 5.55. The fourth-order valence-corrected chi connectivity index (χ4v) is 4.87. The molecule has 26 heavy (non-hydrogen) atoms. The second-order valence-corrected chi connectivity index (χ2v) is 8.41. The Balaban J connectivity index is 1.60. The van der Waals surface area contributed by atoms with Gasteiger partial charge in [0.1, 0.15) is 5.01 Å². The van der Waals surface area contributed by atoms with Crippen LogP contribution < -0.4 is 0 Å². The standard InChI is InChI=1S/C19H14BrN3OS2/c20-16-6-2-1-5-15(16)19(24)23-8-9-25-17(23)10-14-12-26-18(22-14)13-4-3-7-21-11-13/h1-7,10-12H,8-9H2/b17-10+. The quantitative estimate of drug-likeness (QED) is 0.560. The average molecular weight is 444 g/mol. The number of pyridine rings is 1. The molecule has 0 aliphatic carbocycles. The lowest BCUT2D eigenvalue weighted by molar-refractivity contribution is 0.0830. The minimum Gasteiger partial charge on any atom is -0.302 e. The average Bonchev–Trinajstić information content (AvgIpc) is 3.32. The van der Waals surface area contributed by atoms with Crippen LogP contribution in [0.2, 0.25) is 0 Å². The fraction of sp³-hybridized carbons (Fsp3) is 0.105. The van der Waals surface area contributed by atoms with Gasteiger partial charge in [0.15, 0.2) is 0 Å². The van der Waals surface area contributed by atoms with Gasteiger partial charge in [0.05, 0.1) is 16.3 Å². The third-order valence-corrected chi connectivity index (χ3v) is 6.50. The topological polar surface area (TPSA) is 46.1 Å². The van der Waals surface area contributed by atoms with E-state index < -0.39 is 0 Å². The molecule has 4 rings (SSSR count). The molecule has 0 bridgehead atoms. The van der Waals surface area contributed by atoms with E-state index in [0.29, 0.717) is 12.1 Å². The minimum atomic E-state index is 0.0106. The van der Waals surface area contributed by atoms with Crippen molar-refractivity contribution in [2.24, 2.45) is 0 Å². The highest BCUT2D eigenvalue weighted by atomic mass is 79.9. The molecule has 0 saturated carbocycles. The van der Waals surface area contributed by atoms with E-state index in [-0.39, 0.29) is 5.91 Å². The summed E-state index contributed by atoms with van der Waals surface area (Å²) in [4.78, 5) is 23.5. The van der Waals surface area contributed by atoms with Crippen molar-refractivity contribution in [3.63, 3.8) is 0 Å². The molecule has 130 valence electrons. The van der Waals surface area contributed by atoms with E-state index in [2.05, 4.69) is 25.9 Å². The van der Waals surface area contributed by atoms with E-state index in [1.165, 1.54) is 0 Å². The highest BCUT2D eigenvalue weighted by Gasteiger charge is 2.26. The molecule has 3 heterocycles. The number of hydrogen-bond acceptors (Lipinski definition) is 5. The van der Waals surface area contributed by atoms with E-state index in [1.54, 1.807) is 29.3 Å². The molecular weight excluding hydrogens is 430 g/mol. The van der Waals surface area contributed by atoms with Crippen molar-refractivity contribution in [3.05, 3.63) is 74.9 Å². The molecule has 1 amide bonds. The van der Waals surface area contributed by atoms with E-state index in [9.17, 15) is 4.79 Å². The highest BCUT2D eigenvalue weighted by molar-refractivity contribution is 9.10. The Labute approximate surface area is 168 Å². The maximum Gasteiger partial charge on any atom is 0.259 e. The van der Waals surface area contributed by atoms with Crippen LogP contribution in [-0.4, -0.2) is 33.1 Å². The van der Waals surface area contributed by atoms with Crippen LogP contribution in [0.3, 0.4) is 0 Å². The number of hydrogen-bond donors (Lipinski definition) is 0. The molecule has 0 unspecified atom stereocenters. The van der Waals surface area contributed by atoms with Crippen molar-refractivity contribution in [1.82, 2.24) is 14.9 Å². The van der Waals surface area contributed by atoms with Crippen molar-refractivity contribution in [3.8, 4) is 10.6 Å². The lowest BCUT2D eigenvalue weighted by atomic mass is 10.2. The van der Waals surface area contributed by atoms with Gasteiger partial charge in [-0.25, -0.2) is 4.98 Å². The van der Waals surface area contributed by atoms with Crippen LogP contribution in [0.15, 0.2) is 63.7 Å². The molecule has 1 saturated heterocycles. The molecule has 7 heteroatoms. The zero-order chi connectivity index (χ0) is 17.9. The van der Waals surface area contributed by atoms with Crippen LogP contribution >= 0.6 is 39.0 Å². The summed E-state index contributed by atoms with van der Waals surface area (Å²) in [5, 5.41) is 3.88. The van der Waals surface area contributed by atoms with E-state index >= 15 is 0 Å². The summed E-state index contributed by atoms with van der Waals surface area (Å²) in [6.45, 7) is 0.705. The van der Waals surface area contributed by atoms with Crippen molar-refractivity contribution >= 4 is 51.0 Å². The number of amides is 1. The third kappa shape index (κ3) is 3.60. The number of thioether (sulfide) groups is 1. The van der Waals surface area contributed by atoms with Crippen LogP contribution in [0.25, 0.3) is 16.6 Å². The van der Waals surface area contributed by atoms with Crippen LogP contribution in [0.5, 0.6) is 0 Å². The Bertz CT molecular complexity index is 972. The maximum absolute atomic E-state index is 12.9. The first-order valence-corrected chi connectivity index (χ1v) is 10.6. The molecule has 0 radical (unpaired) electrons. The van der Waals surface area contributed by atoms with Gasteiger partial charge in [-0.05, 0) is 46.3 Å². The zero-order valence-electron chi connectivity index (χ0n) is 13.6. The molecule has 1 aliphatic rings. The Hall–Kier alpha value is -1.96. The molecule has 0 atom stereocenters. The molecule has 0 N–H and O–H groups in total. The number of aromatic nitrogens is 2. The van der Waals surface area contributed by atoms with E-state index in [4.69, 9.17) is 0 Å². The van der Waals surface area contributed by atoms with E-state index in [1.807, 2.05) is 59.0 Å². The van der Waals surface area contributed by atoms with Crippen molar-refractivity contribution < 1.29 is 4.79 Å². The Morgan fingerprint density at radius 1 is 1.23 bits per heavy atom. The number of carbonyl (C=O) groups is 1.